The summed E-state index contributed by atoms with van der Waals surface area (Å²) in [5, 5.41) is 3.38. The van der Waals surface area contributed by atoms with E-state index in [1.807, 2.05) is 25.1 Å². The van der Waals surface area contributed by atoms with E-state index in [-0.39, 0.29) is 0 Å². The van der Waals surface area contributed by atoms with Crippen LogP contribution in [0.25, 0.3) is 0 Å². The SMILES string of the molecule is Cc1ccc(CNCCCCOCCc2ccccc2)o1. The van der Waals surface area contributed by atoms with Crippen LogP contribution in [-0.4, -0.2) is 19.8 Å². The maximum atomic E-state index is 5.66. The normalized spacial score (nSPS) is 10.9. The Morgan fingerprint density at radius 3 is 2.62 bits per heavy atom. The second-order valence-corrected chi connectivity index (χ2v) is 5.24. The highest BCUT2D eigenvalue weighted by Crippen LogP contribution is 2.05. The van der Waals surface area contributed by atoms with E-state index in [1.165, 1.54) is 5.56 Å². The highest BCUT2D eigenvalue weighted by molar-refractivity contribution is 5.14. The van der Waals surface area contributed by atoms with Crippen LogP contribution < -0.4 is 5.32 Å². The molecule has 0 amide bonds. The van der Waals surface area contributed by atoms with E-state index in [4.69, 9.17) is 9.15 Å². The molecule has 0 spiro atoms. The van der Waals surface area contributed by atoms with Crippen molar-refractivity contribution in [3.05, 3.63) is 59.5 Å². The van der Waals surface area contributed by atoms with Crippen LogP contribution in [0.15, 0.2) is 46.9 Å². The van der Waals surface area contributed by atoms with Crippen molar-refractivity contribution in [1.82, 2.24) is 5.32 Å². The first-order chi connectivity index (χ1) is 10.3. The average molecular weight is 287 g/mol. The maximum Gasteiger partial charge on any atom is 0.117 e. The lowest BCUT2D eigenvalue weighted by Gasteiger charge is -2.05. The number of hydrogen-bond donors (Lipinski definition) is 1. The van der Waals surface area contributed by atoms with E-state index in [9.17, 15) is 0 Å². The van der Waals surface area contributed by atoms with Gasteiger partial charge in [-0.25, -0.2) is 0 Å². The molecule has 114 valence electrons. The Morgan fingerprint density at radius 1 is 1.00 bits per heavy atom. The van der Waals surface area contributed by atoms with Crippen LogP contribution in [0.3, 0.4) is 0 Å². The summed E-state index contributed by atoms with van der Waals surface area (Å²) in [5.41, 5.74) is 1.34. The van der Waals surface area contributed by atoms with Crippen molar-refractivity contribution in [2.24, 2.45) is 0 Å². The van der Waals surface area contributed by atoms with Gasteiger partial charge < -0.3 is 14.5 Å². The molecule has 1 aromatic carbocycles. The van der Waals surface area contributed by atoms with Crippen molar-refractivity contribution >= 4 is 0 Å². The Kier molecular flexibility index (Phi) is 7.05. The quantitative estimate of drug-likeness (QED) is 0.676. The molecule has 2 aromatic rings. The third-order valence-corrected chi connectivity index (χ3v) is 3.37. The van der Waals surface area contributed by atoms with Crippen LogP contribution in [0, 0.1) is 6.92 Å². The molecule has 0 atom stereocenters. The zero-order chi connectivity index (χ0) is 14.8. The minimum absolute atomic E-state index is 0.808. The molecule has 0 unspecified atom stereocenters. The van der Waals surface area contributed by atoms with E-state index >= 15 is 0 Å². The van der Waals surface area contributed by atoms with Gasteiger partial charge in [-0.3, -0.25) is 0 Å². The fraction of sp³-hybridized carbons (Fsp3) is 0.444. The minimum atomic E-state index is 0.808. The van der Waals surface area contributed by atoms with Gasteiger partial charge in [0.2, 0.25) is 0 Å². The summed E-state index contributed by atoms with van der Waals surface area (Å²) in [5.74, 6) is 1.98. The number of nitrogens with one attached hydrogen (secondary N) is 1. The molecule has 3 heteroatoms. The van der Waals surface area contributed by atoms with Gasteiger partial charge in [0.1, 0.15) is 11.5 Å². The van der Waals surface area contributed by atoms with Crippen molar-refractivity contribution in [3.8, 4) is 0 Å². The van der Waals surface area contributed by atoms with Gasteiger partial charge in [-0.2, -0.15) is 0 Å². The summed E-state index contributed by atoms with van der Waals surface area (Å²) in [6, 6.07) is 14.5. The first-order valence-corrected chi connectivity index (χ1v) is 7.72. The number of furan rings is 1. The molecule has 0 aliphatic carbocycles. The van der Waals surface area contributed by atoms with E-state index in [0.717, 1.165) is 57.1 Å². The van der Waals surface area contributed by atoms with E-state index in [1.54, 1.807) is 0 Å². The maximum absolute atomic E-state index is 5.66. The van der Waals surface area contributed by atoms with Crippen LogP contribution >= 0.6 is 0 Å². The Morgan fingerprint density at radius 2 is 1.86 bits per heavy atom. The Balaban J connectivity index is 1.40. The molecule has 0 bridgehead atoms. The smallest absolute Gasteiger partial charge is 0.117 e. The van der Waals surface area contributed by atoms with Crippen molar-refractivity contribution < 1.29 is 9.15 Å². The molecule has 0 radical (unpaired) electrons. The third-order valence-electron chi connectivity index (χ3n) is 3.37. The van der Waals surface area contributed by atoms with Crippen LogP contribution in [0.4, 0.5) is 0 Å². The lowest BCUT2D eigenvalue weighted by atomic mass is 10.2. The average Bonchev–Trinajstić information content (AvgIpc) is 2.92. The number of benzene rings is 1. The van der Waals surface area contributed by atoms with Crippen molar-refractivity contribution in [1.29, 1.82) is 0 Å². The van der Waals surface area contributed by atoms with Gasteiger partial charge in [-0.05, 0) is 50.4 Å². The molecular weight excluding hydrogens is 262 g/mol. The largest absolute Gasteiger partial charge is 0.465 e. The van der Waals surface area contributed by atoms with Gasteiger partial charge in [0.15, 0.2) is 0 Å². The first kappa shape index (κ1) is 15.8. The molecule has 0 fully saturated rings. The lowest BCUT2D eigenvalue weighted by Crippen LogP contribution is -2.14. The van der Waals surface area contributed by atoms with Gasteiger partial charge in [0, 0.05) is 6.61 Å². The van der Waals surface area contributed by atoms with Crippen LogP contribution in [0.1, 0.15) is 29.9 Å². The molecule has 0 saturated heterocycles. The summed E-state index contributed by atoms with van der Waals surface area (Å²) in [4.78, 5) is 0. The molecule has 1 heterocycles. The summed E-state index contributed by atoms with van der Waals surface area (Å²) < 4.78 is 11.2. The van der Waals surface area contributed by atoms with Crippen LogP contribution in [0.2, 0.25) is 0 Å². The monoisotopic (exact) mass is 287 g/mol. The van der Waals surface area contributed by atoms with Crippen molar-refractivity contribution in [2.75, 3.05) is 19.8 Å². The van der Waals surface area contributed by atoms with Gasteiger partial charge in [-0.1, -0.05) is 30.3 Å². The molecule has 21 heavy (non-hydrogen) atoms. The van der Waals surface area contributed by atoms with E-state index in [0.29, 0.717) is 0 Å². The number of ether oxygens (including phenoxy) is 1. The van der Waals surface area contributed by atoms with Gasteiger partial charge in [0.05, 0.1) is 13.2 Å². The highest BCUT2D eigenvalue weighted by atomic mass is 16.5. The van der Waals surface area contributed by atoms with Crippen molar-refractivity contribution in [2.45, 2.75) is 32.7 Å². The van der Waals surface area contributed by atoms with Gasteiger partial charge in [-0.15, -0.1) is 0 Å². The summed E-state index contributed by atoms with van der Waals surface area (Å²) in [7, 11) is 0. The fourth-order valence-corrected chi connectivity index (χ4v) is 2.18. The Bertz CT molecular complexity index is 493. The van der Waals surface area contributed by atoms with Crippen molar-refractivity contribution in [3.63, 3.8) is 0 Å². The lowest BCUT2D eigenvalue weighted by molar-refractivity contribution is 0.133. The molecule has 0 aliphatic rings. The summed E-state index contributed by atoms with van der Waals surface area (Å²) >= 11 is 0. The molecule has 3 nitrogen and oxygen atoms in total. The number of aryl methyl sites for hydroxylation is 1. The second kappa shape index (κ2) is 9.37. The van der Waals surface area contributed by atoms with Gasteiger partial charge >= 0.3 is 0 Å². The molecular formula is C18H25NO2. The Labute approximate surface area is 127 Å². The number of hydrogen-bond acceptors (Lipinski definition) is 3. The van der Waals surface area contributed by atoms with E-state index < -0.39 is 0 Å². The molecule has 1 aromatic heterocycles. The van der Waals surface area contributed by atoms with Gasteiger partial charge in [0.25, 0.3) is 0 Å². The topological polar surface area (TPSA) is 34.4 Å². The zero-order valence-electron chi connectivity index (χ0n) is 12.8. The van der Waals surface area contributed by atoms with E-state index in [2.05, 4.69) is 29.6 Å². The first-order valence-electron chi connectivity index (χ1n) is 7.72. The van der Waals surface area contributed by atoms with Crippen LogP contribution in [-0.2, 0) is 17.7 Å². The molecule has 0 aliphatic heterocycles. The standard InChI is InChI=1S/C18H25NO2/c1-16-9-10-18(21-16)15-19-12-5-6-13-20-14-11-17-7-3-2-4-8-17/h2-4,7-10,19H,5-6,11-15H2,1H3. The Hall–Kier alpha value is -1.58. The summed E-state index contributed by atoms with van der Waals surface area (Å²) in [6.07, 6.45) is 3.22. The second-order valence-electron chi connectivity index (χ2n) is 5.24. The summed E-state index contributed by atoms with van der Waals surface area (Å²) in [6.45, 7) is 5.43. The third kappa shape index (κ3) is 6.61. The number of unbranched alkanes of at least 4 members (excludes halogenated alkanes) is 1. The predicted molar refractivity (Wildman–Crippen MR) is 85.4 cm³/mol. The van der Waals surface area contributed by atoms with Crippen LogP contribution in [0.5, 0.6) is 0 Å². The molecule has 2 rings (SSSR count). The fourth-order valence-electron chi connectivity index (χ4n) is 2.18. The highest BCUT2D eigenvalue weighted by Gasteiger charge is 1.97. The molecule has 0 saturated carbocycles. The predicted octanol–water partition coefficient (Wildman–Crippen LogP) is 3.72. The number of rotatable bonds is 10. The molecule has 1 N–H and O–H groups in total. The zero-order valence-corrected chi connectivity index (χ0v) is 12.8. The minimum Gasteiger partial charge on any atom is -0.465 e.